The second-order valence-corrected chi connectivity index (χ2v) is 6.01. The summed E-state index contributed by atoms with van der Waals surface area (Å²) in [5, 5.41) is 10.5. The van der Waals surface area contributed by atoms with Gasteiger partial charge < -0.3 is 10.5 Å². The summed E-state index contributed by atoms with van der Waals surface area (Å²) in [7, 11) is 0. The second-order valence-electron chi connectivity index (χ2n) is 6.01. The summed E-state index contributed by atoms with van der Waals surface area (Å²) in [6.07, 6.45) is 0. The van der Waals surface area contributed by atoms with E-state index in [1.165, 1.54) is 6.07 Å². The van der Waals surface area contributed by atoms with Gasteiger partial charge in [-0.1, -0.05) is 30.3 Å². The van der Waals surface area contributed by atoms with E-state index < -0.39 is 0 Å². The molecule has 0 bridgehead atoms. The van der Waals surface area contributed by atoms with Crippen LogP contribution in [0, 0.1) is 12.7 Å². The Labute approximate surface area is 148 Å². The molecule has 2 aromatic heterocycles. The normalized spacial score (nSPS) is 11.0. The minimum Gasteiger partial charge on any atom is -0.486 e. The van der Waals surface area contributed by atoms with Gasteiger partial charge in [-0.05, 0) is 35.7 Å². The summed E-state index contributed by atoms with van der Waals surface area (Å²) in [6, 6.07) is 14.4. The fourth-order valence-electron chi connectivity index (χ4n) is 2.78. The number of aryl methyl sites for hydroxylation is 1. The van der Waals surface area contributed by atoms with E-state index in [2.05, 4.69) is 20.4 Å². The highest BCUT2D eigenvalue weighted by Crippen LogP contribution is 2.27. The van der Waals surface area contributed by atoms with E-state index in [9.17, 15) is 4.39 Å². The zero-order valence-electron chi connectivity index (χ0n) is 14.0. The number of hydrogen-bond donors (Lipinski definition) is 2. The second kappa shape index (κ2) is 6.44. The Morgan fingerprint density at radius 3 is 2.85 bits per heavy atom. The Morgan fingerprint density at radius 1 is 1.12 bits per heavy atom. The number of pyridine rings is 1. The first-order valence-electron chi connectivity index (χ1n) is 8.05. The van der Waals surface area contributed by atoms with Crippen molar-refractivity contribution in [2.45, 2.75) is 13.5 Å². The summed E-state index contributed by atoms with van der Waals surface area (Å²) in [4.78, 5) is 4.07. The van der Waals surface area contributed by atoms with E-state index in [1.54, 1.807) is 12.1 Å². The number of anilines is 1. The maximum atomic E-state index is 14.2. The van der Waals surface area contributed by atoms with Crippen LogP contribution in [0.25, 0.3) is 22.3 Å². The molecule has 26 heavy (non-hydrogen) atoms. The highest BCUT2D eigenvalue weighted by atomic mass is 19.1. The van der Waals surface area contributed by atoms with Gasteiger partial charge in [-0.2, -0.15) is 10.3 Å². The number of hydrogen-bond acceptors (Lipinski definition) is 5. The van der Waals surface area contributed by atoms with E-state index in [-0.39, 0.29) is 12.4 Å². The van der Waals surface area contributed by atoms with Crippen LogP contribution in [0.3, 0.4) is 0 Å². The molecular formula is C19H16FN5O. The molecule has 7 heteroatoms. The molecule has 3 N–H and O–H groups in total. The van der Waals surface area contributed by atoms with E-state index in [0.717, 1.165) is 16.7 Å². The fraction of sp³-hybridized carbons (Fsp3) is 0.105. The predicted octanol–water partition coefficient (Wildman–Crippen LogP) is 3.63. The van der Waals surface area contributed by atoms with Gasteiger partial charge in [0.25, 0.3) is 0 Å². The number of aromatic nitrogens is 4. The SMILES string of the molecule is Cc1ccc(-c2cccc(COc3cc(N)nc4n[nH]nc34)c2)c(F)c1. The zero-order chi connectivity index (χ0) is 18.1. The molecule has 2 aromatic carbocycles. The summed E-state index contributed by atoms with van der Waals surface area (Å²) < 4.78 is 20.1. The number of halogens is 1. The van der Waals surface area contributed by atoms with Crippen molar-refractivity contribution >= 4 is 17.0 Å². The average molecular weight is 349 g/mol. The number of H-pyrrole nitrogens is 1. The molecule has 130 valence electrons. The minimum absolute atomic E-state index is 0.241. The van der Waals surface area contributed by atoms with Crippen LogP contribution >= 0.6 is 0 Å². The molecule has 0 aliphatic rings. The van der Waals surface area contributed by atoms with Gasteiger partial charge in [0.05, 0.1) is 0 Å². The van der Waals surface area contributed by atoms with Crippen molar-refractivity contribution in [3.05, 3.63) is 65.5 Å². The van der Waals surface area contributed by atoms with E-state index in [1.807, 2.05) is 37.3 Å². The van der Waals surface area contributed by atoms with Crippen molar-refractivity contribution in [2.75, 3.05) is 5.73 Å². The number of nitrogens with zero attached hydrogens (tertiary/aromatic N) is 3. The van der Waals surface area contributed by atoms with Crippen LogP contribution in [-0.4, -0.2) is 20.4 Å². The van der Waals surface area contributed by atoms with Gasteiger partial charge in [0.1, 0.15) is 18.2 Å². The lowest BCUT2D eigenvalue weighted by Gasteiger charge is -2.09. The van der Waals surface area contributed by atoms with Gasteiger partial charge in [-0.3, -0.25) is 0 Å². The fourth-order valence-corrected chi connectivity index (χ4v) is 2.78. The van der Waals surface area contributed by atoms with Gasteiger partial charge in [0, 0.05) is 11.6 Å². The molecule has 0 spiro atoms. The largest absolute Gasteiger partial charge is 0.486 e. The Kier molecular flexibility index (Phi) is 3.96. The van der Waals surface area contributed by atoms with Crippen molar-refractivity contribution in [3.8, 4) is 16.9 Å². The molecule has 6 nitrogen and oxygen atoms in total. The molecule has 4 rings (SSSR count). The summed E-state index contributed by atoms with van der Waals surface area (Å²) in [6.45, 7) is 2.15. The number of fused-ring (bicyclic) bond motifs is 1. The Bertz CT molecular complexity index is 1090. The van der Waals surface area contributed by atoms with Crippen molar-refractivity contribution in [1.82, 2.24) is 20.4 Å². The number of nitrogens with one attached hydrogen (secondary N) is 1. The molecule has 4 aromatic rings. The number of nitrogen functional groups attached to an aromatic ring is 1. The molecule has 0 unspecified atom stereocenters. The number of nitrogens with two attached hydrogens (primary N) is 1. The van der Waals surface area contributed by atoms with Crippen LogP contribution in [0.4, 0.5) is 10.2 Å². The van der Waals surface area contributed by atoms with Crippen LogP contribution < -0.4 is 10.5 Å². The predicted molar refractivity (Wildman–Crippen MR) is 97.0 cm³/mol. The minimum atomic E-state index is -0.241. The van der Waals surface area contributed by atoms with Gasteiger partial charge in [-0.15, -0.1) is 5.10 Å². The smallest absolute Gasteiger partial charge is 0.207 e. The summed E-state index contributed by atoms with van der Waals surface area (Å²) >= 11 is 0. The molecule has 0 atom stereocenters. The Morgan fingerprint density at radius 2 is 2.00 bits per heavy atom. The zero-order valence-corrected chi connectivity index (χ0v) is 14.0. The van der Waals surface area contributed by atoms with E-state index >= 15 is 0 Å². The lowest BCUT2D eigenvalue weighted by Crippen LogP contribution is -1.99. The first-order chi connectivity index (χ1) is 12.6. The number of ether oxygens (including phenoxy) is 1. The van der Waals surface area contributed by atoms with Crippen LogP contribution in [0.5, 0.6) is 5.75 Å². The topological polar surface area (TPSA) is 89.7 Å². The van der Waals surface area contributed by atoms with Crippen molar-refractivity contribution in [2.24, 2.45) is 0 Å². The molecule has 2 heterocycles. The van der Waals surface area contributed by atoms with Gasteiger partial charge >= 0.3 is 0 Å². The van der Waals surface area contributed by atoms with Crippen LogP contribution in [-0.2, 0) is 6.61 Å². The number of rotatable bonds is 4. The molecule has 0 saturated heterocycles. The molecule has 0 amide bonds. The maximum absolute atomic E-state index is 14.2. The van der Waals surface area contributed by atoms with Gasteiger partial charge in [-0.25, -0.2) is 9.37 Å². The van der Waals surface area contributed by atoms with Crippen molar-refractivity contribution in [3.63, 3.8) is 0 Å². The van der Waals surface area contributed by atoms with Crippen molar-refractivity contribution < 1.29 is 9.13 Å². The summed E-state index contributed by atoms with van der Waals surface area (Å²) in [5.74, 6) is 0.555. The maximum Gasteiger partial charge on any atom is 0.207 e. The average Bonchev–Trinajstić information content (AvgIpc) is 3.08. The van der Waals surface area contributed by atoms with Crippen LogP contribution in [0.1, 0.15) is 11.1 Å². The van der Waals surface area contributed by atoms with Gasteiger partial charge in [0.2, 0.25) is 5.65 Å². The van der Waals surface area contributed by atoms with E-state index in [0.29, 0.717) is 28.3 Å². The van der Waals surface area contributed by atoms with E-state index in [4.69, 9.17) is 10.5 Å². The number of aromatic amines is 1. The molecular weight excluding hydrogens is 333 g/mol. The van der Waals surface area contributed by atoms with Crippen LogP contribution in [0.15, 0.2) is 48.5 Å². The lowest BCUT2D eigenvalue weighted by molar-refractivity contribution is 0.309. The third-order valence-electron chi connectivity index (χ3n) is 4.03. The quantitative estimate of drug-likeness (QED) is 0.587. The monoisotopic (exact) mass is 349 g/mol. The first kappa shape index (κ1) is 16.0. The summed E-state index contributed by atoms with van der Waals surface area (Å²) in [5.41, 5.74) is 9.82. The number of benzene rings is 2. The van der Waals surface area contributed by atoms with Crippen LogP contribution in [0.2, 0.25) is 0 Å². The Balaban J connectivity index is 1.60. The Hall–Kier alpha value is -3.48. The van der Waals surface area contributed by atoms with Crippen molar-refractivity contribution in [1.29, 1.82) is 0 Å². The molecule has 0 aliphatic heterocycles. The first-order valence-corrected chi connectivity index (χ1v) is 8.05. The molecule has 0 aliphatic carbocycles. The molecule has 0 radical (unpaired) electrons. The lowest BCUT2D eigenvalue weighted by atomic mass is 10.0. The highest BCUT2D eigenvalue weighted by Gasteiger charge is 2.11. The molecule has 0 fully saturated rings. The standard InChI is InChI=1S/C19H16FN5O/c1-11-5-6-14(15(20)7-11)13-4-2-3-12(8-13)10-26-16-9-17(21)22-19-18(16)23-25-24-19/h2-9H,10H2,1H3,(H3,21,22,23,24,25). The third kappa shape index (κ3) is 3.06. The van der Waals surface area contributed by atoms with Gasteiger partial charge in [0.15, 0.2) is 11.3 Å². The highest BCUT2D eigenvalue weighted by molar-refractivity contribution is 5.78. The third-order valence-corrected chi connectivity index (χ3v) is 4.03. The molecule has 0 saturated carbocycles.